The number of hydrogen-bond acceptors (Lipinski definition) is 4. The summed E-state index contributed by atoms with van der Waals surface area (Å²) in [4.78, 5) is 43.4. The summed E-state index contributed by atoms with van der Waals surface area (Å²) < 4.78 is 0. The summed E-state index contributed by atoms with van der Waals surface area (Å²) in [5, 5.41) is 5.98. The summed E-state index contributed by atoms with van der Waals surface area (Å²) in [6.45, 7) is 0.740. The quantitative estimate of drug-likeness (QED) is 0.395. The van der Waals surface area contributed by atoms with Gasteiger partial charge in [-0.25, -0.2) is 4.98 Å². The van der Waals surface area contributed by atoms with Gasteiger partial charge in [0.1, 0.15) is 0 Å². The monoisotopic (exact) mass is 426 g/mol. The molecule has 0 aliphatic heterocycles. The molecule has 1 heterocycles. The van der Waals surface area contributed by atoms with Gasteiger partial charge in [0.25, 0.3) is 17.4 Å². The van der Waals surface area contributed by atoms with Crippen LogP contribution in [0.4, 0.5) is 0 Å². The second-order valence-electron chi connectivity index (χ2n) is 7.24. The van der Waals surface area contributed by atoms with Crippen molar-refractivity contribution in [2.45, 2.75) is 6.42 Å². The molecule has 0 aliphatic rings. The Morgan fingerprint density at radius 3 is 2.12 bits per heavy atom. The number of fused-ring (bicyclic) bond motifs is 1. The van der Waals surface area contributed by atoms with Crippen LogP contribution in [0.25, 0.3) is 22.0 Å². The van der Waals surface area contributed by atoms with Gasteiger partial charge in [-0.2, -0.15) is 0 Å². The molecule has 7 heteroatoms. The van der Waals surface area contributed by atoms with Crippen molar-refractivity contribution < 1.29 is 9.59 Å². The third-order valence-corrected chi connectivity index (χ3v) is 5.01. The molecular weight excluding hydrogens is 404 g/mol. The zero-order valence-electron chi connectivity index (χ0n) is 17.3. The highest BCUT2D eigenvalue weighted by Gasteiger charge is 2.11. The Kier molecular flexibility index (Phi) is 6.36. The minimum Gasteiger partial charge on any atom is -0.352 e. The average Bonchev–Trinajstić information content (AvgIpc) is 2.84. The normalized spacial score (nSPS) is 10.6. The molecular formula is C25H22N4O3. The van der Waals surface area contributed by atoms with Crippen molar-refractivity contribution in [2.75, 3.05) is 13.1 Å². The van der Waals surface area contributed by atoms with Crippen molar-refractivity contribution in [1.29, 1.82) is 0 Å². The number of nitrogens with one attached hydrogen (secondary N) is 3. The van der Waals surface area contributed by atoms with Crippen LogP contribution in [0, 0.1) is 0 Å². The van der Waals surface area contributed by atoms with E-state index in [1.165, 1.54) is 0 Å². The molecule has 4 aromatic rings. The summed E-state index contributed by atoms with van der Waals surface area (Å²) in [7, 11) is 0. The Morgan fingerprint density at radius 2 is 1.38 bits per heavy atom. The second kappa shape index (κ2) is 9.70. The Morgan fingerprint density at radius 1 is 0.750 bits per heavy atom. The van der Waals surface area contributed by atoms with Crippen LogP contribution >= 0.6 is 0 Å². The van der Waals surface area contributed by atoms with Crippen LogP contribution < -0.4 is 16.2 Å². The van der Waals surface area contributed by atoms with Gasteiger partial charge in [-0.3, -0.25) is 14.4 Å². The molecule has 0 saturated heterocycles. The number of H-pyrrole nitrogens is 1. The molecule has 1 aromatic heterocycles. The highest BCUT2D eigenvalue weighted by atomic mass is 16.2. The van der Waals surface area contributed by atoms with Crippen molar-refractivity contribution in [2.24, 2.45) is 0 Å². The van der Waals surface area contributed by atoms with E-state index in [0.717, 1.165) is 11.1 Å². The van der Waals surface area contributed by atoms with Gasteiger partial charge in [0.2, 0.25) is 0 Å². The van der Waals surface area contributed by atoms with E-state index in [4.69, 9.17) is 0 Å². The van der Waals surface area contributed by atoms with Crippen molar-refractivity contribution in [1.82, 2.24) is 20.6 Å². The van der Waals surface area contributed by atoms with E-state index >= 15 is 0 Å². The molecule has 160 valence electrons. The summed E-state index contributed by atoms with van der Waals surface area (Å²) >= 11 is 0. The van der Waals surface area contributed by atoms with Crippen molar-refractivity contribution in [3.63, 3.8) is 0 Å². The van der Waals surface area contributed by atoms with Crippen LogP contribution in [0.5, 0.6) is 0 Å². The van der Waals surface area contributed by atoms with E-state index in [9.17, 15) is 14.4 Å². The van der Waals surface area contributed by atoms with Gasteiger partial charge >= 0.3 is 0 Å². The summed E-state index contributed by atoms with van der Waals surface area (Å²) in [6, 6.07) is 24.2. The number of para-hydroxylation sites is 1. The van der Waals surface area contributed by atoms with Crippen LogP contribution in [0.1, 0.15) is 27.4 Å². The molecule has 0 radical (unpaired) electrons. The molecule has 0 saturated carbocycles. The lowest BCUT2D eigenvalue weighted by Gasteiger charge is -2.08. The van der Waals surface area contributed by atoms with E-state index in [1.807, 2.05) is 42.5 Å². The molecule has 4 rings (SSSR count). The fourth-order valence-electron chi connectivity index (χ4n) is 3.32. The number of nitrogens with zero attached hydrogens (tertiary/aromatic N) is 1. The van der Waals surface area contributed by atoms with Gasteiger partial charge in [0.05, 0.1) is 10.9 Å². The maximum atomic E-state index is 12.3. The Labute approximate surface area is 184 Å². The zero-order valence-corrected chi connectivity index (χ0v) is 17.3. The second-order valence-corrected chi connectivity index (χ2v) is 7.24. The largest absolute Gasteiger partial charge is 0.352 e. The highest BCUT2D eigenvalue weighted by molar-refractivity contribution is 5.94. The van der Waals surface area contributed by atoms with Crippen LogP contribution in [0.2, 0.25) is 0 Å². The van der Waals surface area contributed by atoms with E-state index in [2.05, 4.69) is 20.6 Å². The summed E-state index contributed by atoms with van der Waals surface area (Å²) in [5.74, 6) is -0.664. The Hall–Kier alpha value is -4.26. The van der Waals surface area contributed by atoms with Crippen LogP contribution in [0.3, 0.4) is 0 Å². The van der Waals surface area contributed by atoms with E-state index in [0.29, 0.717) is 36.0 Å². The molecule has 0 spiro atoms. The number of benzene rings is 3. The molecule has 7 nitrogen and oxygen atoms in total. The van der Waals surface area contributed by atoms with Crippen molar-refractivity contribution in [3.05, 3.63) is 101 Å². The fraction of sp³-hybridized carbons (Fsp3) is 0.120. The topological polar surface area (TPSA) is 104 Å². The minimum atomic E-state index is -0.462. The van der Waals surface area contributed by atoms with Crippen LogP contribution in [0.15, 0.2) is 83.7 Å². The molecule has 0 atom stereocenters. The zero-order chi connectivity index (χ0) is 22.3. The predicted molar refractivity (Wildman–Crippen MR) is 124 cm³/mol. The van der Waals surface area contributed by atoms with Gasteiger partial charge < -0.3 is 15.6 Å². The molecule has 0 fully saturated rings. The number of amides is 2. The smallest absolute Gasteiger partial charge is 0.287 e. The SMILES string of the molecule is O=C(NCCCNC(=O)c1nc2ccccc2c(=O)[nH]1)c1ccc(-c2ccccc2)cc1. The number of carbonyl (C=O) groups is 2. The Bertz CT molecular complexity index is 1300. The number of hydrogen-bond donors (Lipinski definition) is 3. The van der Waals surface area contributed by atoms with Gasteiger partial charge in [-0.15, -0.1) is 0 Å². The molecule has 3 aromatic carbocycles. The van der Waals surface area contributed by atoms with Gasteiger partial charge in [-0.05, 0) is 41.8 Å². The average molecular weight is 426 g/mol. The van der Waals surface area contributed by atoms with Crippen molar-refractivity contribution in [3.8, 4) is 11.1 Å². The number of aromatic nitrogens is 2. The lowest BCUT2D eigenvalue weighted by atomic mass is 10.0. The van der Waals surface area contributed by atoms with Crippen LogP contribution in [-0.4, -0.2) is 34.9 Å². The lowest BCUT2D eigenvalue weighted by molar-refractivity contribution is 0.0942. The molecule has 0 bridgehead atoms. The highest BCUT2D eigenvalue weighted by Crippen LogP contribution is 2.19. The maximum absolute atomic E-state index is 12.3. The minimum absolute atomic E-state index is 0.0313. The first-order valence-electron chi connectivity index (χ1n) is 10.3. The van der Waals surface area contributed by atoms with E-state index in [-0.39, 0.29) is 17.3 Å². The first kappa shape index (κ1) is 21.0. The number of rotatable bonds is 7. The molecule has 2 amide bonds. The van der Waals surface area contributed by atoms with Gasteiger partial charge in [0, 0.05) is 18.7 Å². The first-order chi connectivity index (χ1) is 15.6. The molecule has 0 unspecified atom stereocenters. The number of carbonyl (C=O) groups excluding carboxylic acids is 2. The molecule has 3 N–H and O–H groups in total. The maximum Gasteiger partial charge on any atom is 0.287 e. The van der Waals surface area contributed by atoms with E-state index < -0.39 is 5.91 Å². The van der Waals surface area contributed by atoms with Gasteiger partial charge in [-0.1, -0.05) is 54.6 Å². The molecule has 32 heavy (non-hydrogen) atoms. The predicted octanol–water partition coefficient (Wildman–Crippen LogP) is 3.14. The Balaban J connectivity index is 1.24. The first-order valence-corrected chi connectivity index (χ1v) is 10.3. The standard InChI is InChI=1S/C25H22N4O3/c30-23(19-13-11-18(12-14-19)17-7-2-1-3-8-17)26-15-6-16-27-25(32)22-28-21-10-5-4-9-20(21)24(31)29-22/h1-5,7-14H,6,15-16H2,(H,26,30)(H,27,32)(H,28,29,31). The third kappa shape index (κ3) is 4.89. The lowest BCUT2D eigenvalue weighted by Crippen LogP contribution is -2.31. The van der Waals surface area contributed by atoms with E-state index in [1.54, 1.807) is 36.4 Å². The third-order valence-electron chi connectivity index (χ3n) is 5.01. The fourth-order valence-corrected chi connectivity index (χ4v) is 3.32. The number of aromatic amines is 1. The van der Waals surface area contributed by atoms with Gasteiger partial charge in [0.15, 0.2) is 5.82 Å². The summed E-state index contributed by atoms with van der Waals surface area (Å²) in [6.07, 6.45) is 0.539. The van der Waals surface area contributed by atoms with Crippen LogP contribution in [-0.2, 0) is 0 Å². The summed E-state index contributed by atoms with van der Waals surface area (Å²) in [5.41, 5.74) is 2.83. The molecule has 0 aliphatic carbocycles. The van der Waals surface area contributed by atoms with Crippen molar-refractivity contribution >= 4 is 22.7 Å².